The van der Waals surface area contributed by atoms with Crippen LogP contribution in [0.5, 0.6) is 0 Å². The van der Waals surface area contributed by atoms with Crippen molar-refractivity contribution in [2.75, 3.05) is 13.8 Å². The third-order valence-corrected chi connectivity index (χ3v) is 4.50. The molecule has 82 valence electrons. The lowest BCUT2D eigenvalue weighted by Gasteiger charge is -2.58. The third-order valence-electron chi connectivity index (χ3n) is 4.50. The zero-order valence-electron chi connectivity index (χ0n) is 9.04. The maximum Gasteiger partial charge on any atom is 0.189 e. The van der Waals surface area contributed by atoms with Crippen molar-refractivity contribution in [2.24, 2.45) is 0 Å². The summed E-state index contributed by atoms with van der Waals surface area (Å²) in [6, 6.07) is 0. The Bertz CT molecular complexity index is 179. The first-order valence-corrected chi connectivity index (χ1v) is 5.93. The minimum absolute atomic E-state index is 0.131. The summed E-state index contributed by atoms with van der Waals surface area (Å²) in [5.74, 6) is 1.33. The van der Waals surface area contributed by atoms with Crippen molar-refractivity contribution in [3.63, 3.8) is 0 Å². The van der Waals surface area contributed by atoms with Gasteiger partial charge in [0.1, 0.15) is 6.79 Å². The molecule has 0 atom stereocenters. The van der Waals surface area contributed by atoms with Crippen molar-refractivity contribution in [2.45, 2.75) is 50.2 Å². The Morgan fingerprint density at radius 3 is 2.07 bits per heavy atom. The van der Waals surface area contributed by atoms with Crippen LogP contribution in [0.4, 0.5) is 0 Å². The van der Waals surface area contributed by atoms with E-state index >= 15 is 0 Å². The summed E-state index contributed by atoms with van der Waals surface area (Å²) < 4.78 is 5.69. The molecule has 2 bridgehead atoms. The Balaban J connectivity index is 2.19. The van der Waals surface area contributed by atoms with Crippen molar-refractivity contribution in [3.05, 3.63) is 0 Å². The summed E-state index contributed by atoms with van der Waals surface area (Å²) >= 11 is 0. The van der Waals surface area contributed by atoms with Crippen molar-refractivity contribution < 1.29 is 9.76 Å². The topological polar surface area (TPSA) is 41.5 Å². The molecule has 2 N–H and O–H groups in total. The normalized spacial score (nSPS) is 42.4. The molecule has 0 amide bonds. The Labute approximate surface area is 86.2 Å². The minimum atomic E-state index is -0.931. The Kier molecular flexibility index (Phi) is 3.15. The number of nitrogens with one attached hydrogen (secondary N) is 1. The molecular formula is C10H21BNO2-. The number of aliphatic hydroxyl groups is 1. The summed E-state index contributed by atoms with van der Waals surface area (Å²) in [4.78, 5) is 0. The first-order valence-electron chi connectivity index (χ1n) is 5.93. The van der Waals surface area contributed by atoms with Gasteiger partial charge in [-0.3, -0.25) is 0 Å². The van der Waals surface area contributed by atoms with Gasteiger partial charge in [0.05, 0.1) is 0 Å². The van der Waals surface area contributed by atoms with Crippen LogP contribution in [-0.4, -0.2) is 25.4 Å². The molecule has 0 aromatic rings. The van der Waals surface area contributed by atoms with E-state index in [0.29, 0.717) is 11.6 Å². The van der Waals surface area contributed by atoms with Crippen molar-refractivity contribution >= 4 is 6.48 Å². The molecule has 2 aliphatic heterocycles. The van der Waals surface area contributed by atoms with Crippen molar-refractivity contribution in [3.8, 4) is 0 Å². The lowest BCUT2D eigenvalue weighted by Crippen LogP contribution is -2.62. The van der Waals surface area contributed by atoms with Crippen molar-refractivity contribution in [1.82, 2.24) is 5.23 Å². The van der Waals surface area contributed by atoms with Gasteiger partial charge in [-0.25, -0.2) is 0 Å². The number of hydrogen-bond acceptors (Lipinski definition) is 3. The van der Waals surface area contributed by atoms with E-state index in [4.69, 9.17) is 9.76 Å². The highest BCUT2D eigenvalue weighted by molar-refractivity contribution is 6.74. The molecule has 2 fully saturated rings. The fourth-order valence-corrected chi connectivity index (χ4v) is 3.90. The molecule has 3 nitrogen and oxygen atoms in total. The minimum Gasteiger partial charge on any atom is -0.557 e. The maximum atomic E-state index is 9.02. The van der Waals surface area contributed by atoms with Gasteiger partial charge < -0.3 is 15.0 Å². The average molecular weight is 198 g/mol. The second-order valence-corrected chi connectivity index (χ2v) is 4.88. The highest BCUT2D eigenvalue weighted by Crippen LogP contribution is 2.51. The van der Waals surface area contributed by atoms with Gasteiger partial charge in [0.15, 0.2) is 6.48 Å². The van der Waals surface area contributed by atoms with E-state index in [-0.39, 0.29) is 6.79 Å². The van der Waals surface area contributed by atoms with Gasteiger partial charge in [-0.05, 0) is 0 Å². The van der Waals surface area contributed by atoms with Crippen LogP contribution >= 0.6 is 0 Å². The Hall–Kier alpha value is -0.0551. The summed E-state index contributed by atoms with van der Waals surface area (Å²) in [6.07, 6.45) is 7.79. The Morgan fingerprint density at radius 2 is 1.71 bits per heavy atom. The lowest BCUT2D eigenvalue weighted by atomic mass is 9.28. The predicted molar refractivity (Wildman–Crippen MR) is 58.2 cm³/mol. The largest absolute Gasteiger partial charge is 0.557 e. The van der Waals surface area contributed by atoms with Crippen LogP contribution in [-0.2, 0) is 4.65 Å². The average Bonchev–Trinajstić information content (AvgIpc) is 2.17. The smallest absolute Gasteiger partial charge is 0.189 e. The van der Waals surface area contributed by atoms with Gasteiger partial charge in [-0.1, -0.05) is 45.6 Å². The van der Waals surface area contributed by atoms with Crippen LogP contribution in [0.1, 0.15) is 38.5 Å². The molecule has 2 aliphatic rings. The SMILES string of the molecule is CN[B-]1(OCO)C2CCCC1CCC2. The molecule has 0 spiro atoms. The third kappa shape index (κ3) is 1.49. The van der Waals surface area contributed by atoms with Crippen LogP contribution in [0.2, 0.25) is 11.6 Å². The zero-order valence-corrected chi connectivity index (χ0v) is 9.04. The summed E-state index contributed by atoms with van der Waals surface area (Å²) in [5.41, 5.74) is 0. The van der Waals surface area contributed by atoms with E-state index in [1.54, 1.807) is 0 Å². The first kappa shape index (κ1) is 10.5. The lowest BCUT2D eigenvalue weighted by molar-refractivity contribution is 0.0726. The van der Waals surface area contributed by atoms with E-state index in [0.717, 1.165) is 0 Å². The zero-order chi connectivity index (χ0) is 10.0. The van der Waals surface area contributed by atoms with Gasteiger partial charge in [0.25, 0.3) is 0 Å². The number of hydrogen-bond donors (Lipinski definition) is 2. The van der Waals surface area contributed by atoms with Crippen LogP contribution in [0.25, 0.3) is 0 Å². The molecule has 0 unspecified atom stereocenters. The second kappa shape index (κ2) is 4.21. The van der Waals surface area contributed by atoms with Gasteiger partial charge >= 0.3 is 0 Å². The molecule has 2 heterocycles. The van der Waals surface area contributed by atoms with Gasteiger partial charge in [-0.15, -0.1) is 11.6 Å². The van der Waals surface area contributed by atoms with Crippen molar-refractivity contribution in [1.29, 1.82) is 0 Å². The molecule has 0 aromatic heterocycles. The van der Waals surface area contributed by atoms with Gasteiger partial charge in [-0.2, -0.15) is 0 Å². The highest BCUT2D eigenvalue weighted by Gasteiger charge is 2.44. The molecule has 4 heteroatoms. The number of aliphatic hydroxyl groups excluding tert-OH is 1. The van der Waals surface area contributed by atoms with Crippen LogP contribution in [0, 0.1) is 0 Å². The summed E-state index contributed by atoms with van der Waals surface area (Å²) in [5, 5.41) is 12.4. The van der Waals surface area contributed by atoms with E-state index in [1.807, 2.05) is 7.05 Å². The summed E-state index contributed by atoms with van der Waals surface area (Å²) in [7, 11) is 1.99. The summed E-state index contributed by atoms with van der Waals surface area (Å²) in [6.45, 7) is -1.06. The molecule has 0 aromatic carbocycles. The number of rotatable bonds is 3. The van der Waals surface area contributed by atoms with Crippen LogP contribution in [0.3, 0.4) is 0 Å². The molecule has 0 radical (unpaired) electrons. The van der Waals surface area contributed by atoms with E-state index in [2.05, 4.69) is 5.23 Å². The molecular weight excluding hydrogens is 177 g/mol. The fraction of sp³-hybridized carbons (Fsp3) is 1.00. The molecule has 0 saturated carbocycles. The number of fused-ring (bicyclic) bond motifs is 2. The quantitative estimate of drug-likeness (QED) is 0.535. The standard InChI is InChI=1S/C10H21BNO2/c1-12-11(14-8-13)9-4-2-5-10(11)7-3-6-9/h9-10,12-13H,2-8H2,1H3/q-1. The van der Waals surface area contributed by atoms with Crippen LogP contribution < -0.4 is 5.23 Å². The molecule has 2 rings (SSSR count). The Morgan fingerprint density at radius 1 is 1.21 bits per heavy atom. The van der Waals surface area contributed by atoms with Gasteiger partial charge in [0, 0.05) is 0 Å². The van der Waals surface area contributed by atoms with Crippen LogP contribution in [0.15, 0.2) is 0 Å². The maximum absolute atomic E-state index is 9.02. The predicted octanol–water partition coefficient (Wildman–Crippen LogP) is 1.72. The molecule has 2 saturated heterocycles. The molecule has 0 aliphatic carbocycles. The van der Waals surface area contributed by atoms with Gasteiger partial charge in [0.2, 0.25) is 0 Å². The monoisotopic (exact) mass is 198 g/mol. The van der Waals surface area contributed by atoms with E-state index in [1.165, 1.54) is 38.5 Å². The highest BCUT2D eigenvalue weighted by atomic mass is 16.6. The second-order valence-electron chi connectivity index (χ2n) is 4.88. The first-order chi connectivity index (χ1) is 6.83. The van der Waals surface area contributed by atoms with E-state index < -0.39 is 6.48 Å². The van der Waals surface area contributed by atoms with E-state index in [9.17, 15) is 0 Å². The fourth-order valence-electron chi connectivity index (χ4n) is 3.90. The molecule has 14 heavy (non-hydrogen) atoms.